The average molecular weight is 361 g/mol. The van der Waals surface area contributed by atoms with E-state index >= 15 is 0 Å². The van der Waals surface area contributed by atoms with Gasteiger partial charge in [0.05, 0.1) is 17.4 Å². The molecule has 2 bridgehead atoms. The molecule has 6 heteroatoms. The molecule has 27 heavy (non-hydrogen) atoms. The summed E-state index contributed by atoms with van der Waals surface area (Å²) in [5.41, 5.74) is 5.55. The van der Waals surface area contributed by atoms with Crippen LogP contribution in [0.4, 0.5) is 0 Å². The fraction of sp³-hybridized carbons (Fsp3) is 0.429. The van der Waals surface area contributed by atoms with Crippen LogP contribution in [0.5, 0.6) is 0 Å². The smallest absolute Gasteiger partial charge is 0.223 e. The first-order valence-corrected chi connectivity index (χ1v) is 9.75. The van der Waals surface area contributed by atoms with Gasteiger partial charge in [-0.05, 0) is 50.3 Å². The lowest BCUT2D eigenvalue weighted by Gasteiger charge is -2.36. The van der Waals surface area contributed by atoms with Crippen LogP contribution in [0.3, 0.4) is 0 Å². The van der Waals surface area contributed by atoms with E-state index in [4.69, 9.17) is 0 Å². The van der Waals surface area contributed by atoms with Gasteiger partial charge >= 0.3 is 0 Å². The number of rotatable bonds is 4. The zero-order valence-corrected chi connectivity index (χ0v) is 15.5. The van der Waals surface area contributed by atoms with Gasteiger partial charge in [-0.3, -0.25) is 9.78 Å². The Hall–Kier alpha value is -2.76. The summed E-state index contributed by atoms with van der Waals surface area (Å²) in [5, 5.41) is 4.62. The Labute approximate surface area is 158 Å². The van der Waals surface area contributed by atoms with Crippen LogP contribution in [0.15, 0.2) is 36.8 Å². The molecule has 5 heterocycles. The van der Waals surface area contributed by atoms with E-state index in [0.717, 1.165) is 43.4 Å². The van der Waals surface area contributed by atoms with Gasteiger partial charge in [0.2, 0.25) is 5.91 Å². The van der Waals surface area contributed by atoms with Crippen molar-refractivity contribution in [3.05, 3.63) is 59.3 Å². The van der Waals surface area contributed by atoms with Crippen molar-refractivity contribution in [3.8, 4) is 0 Å². The van der Waals surface area contributed by atoms with Crippen LogP contribution >= 0.6 is 0 Å². The maximum atomic E-state index is 13.0. The highest BCUT2D eigenvalue weighted by molar-refractivity contribution is 5.78. The fourth-order valence-electron chi connectivity index (χ4n) is 4.70. The van der Waals surface area contributed by atoms with Crippen molar-refractivity contribution in [2.45, 2.75) is 57.5 Å². The molecule has 0 radical (unpaired) electrons. The number of carbonyl (C=O) groups is 1. The zero-order chi connectivity index (χ0) is 18.4. The minimum absolute atomic E-state index is 0.161. The van der Waals surface area contributed by atoms with E-state index in [1.54, 1.807) is 0 Å². The molecule has 0 spiro atoms. The predicted molar refractivity (Wildman–Crippen MR) is 101 cm³/mol. The molecule has 2 aliphatic heterocycles. The number of aryl methyl sites for hydroxylation is 2. The number of hydrogen-bond donors (Lipinski definition) is 0. The SMILES string of the molecule is Cc1cc2ncc3c(n2n1)C[C@@H]1CC[C@@H]3N1C(=O)CCCc1ccncc1. The maximum absolute atomic E-state index is 13.0. The quantitative estimate of drug-likeness (QED) is 0.716. The van der Waals surface area contributed by atoms with Crippen molar-refractivity contribution in [2.24, 2.45) is 0 Å². The highest BCUT2D eigenvalue weighted by Gasteiger charge is 2.43. The molecule has 6 nitrogen and oxygen atoms in total. The highest BCUT2D eigenvalue weighted by Crippen LogP contribution is 2.43. The standard InChI is InChI=1S/C21H23N5O/c1-14-11-20-23-13-17-18-6-5-16(12-19(17)26(20)24-14)25(18)21(27)4-2-3-15-7-9-22-10-8-15/h7-11,13,16,18H,2-6,12H2,1H3/t16-,18-/m0/s1. The average Bonchev–Trinajstić information content (AvgIpc) is 3.21. The lowest BCUT2D eigenvalue weighted by molar-refractivity contribution is -0.134. The summed E-state index contributed by atoms with van der Waals surface area (Å²) in [4.78, 5) is 23.8. The van der Waals surface area contributed by atoms with E-state index < -0.39 is 0 Å². The van der Waals surface area contributed by atoms with Crippen molar-refractivity contribution >= 4 is 11.6 Å². The third-order valence-corrected chi connectivity index (χ3v) is 5.92. The molecule has 3 aromatic heterocycles. The summed E-state index contributed by atoms with van der Waals surface area (Å²) in [6, 6.07) is 6.51. The second-order valence-corrected chi connectivity index (χ2v) is 7.68. The van der Waals surface area contributed by atoms with Crippen LogP contribution in [0.25, 0.3) is 5.65 Å². The first kappa shape index (κ1) is 16.4. The number of pyridine rings is 1. The van der Waals surface area contributed by atoms with Crippen molar-refractivity contribution in [2.75, 3.05) is 0 Å². The van der Waals surface area contributed by atoms with Crippen LogP contribution in [-0.4, -0.2) is 36.4 Å². The molecule has 0 saturated carbocycles. The van der Waals surface area contributed by atoms with Crippen LogP contribution < -0.4 is 0 Å². The zero-order valence-electron chi connectivity index (χ0n) is 15.5. The Morgan fingerprint density at radius 2 is 2.11 bits per heavy atom. The topological polar surface area (TPSA) is 63.4 Å². The Bertz CT molecular complexity index is 996. The Kier molecular flexibility index (Phi) is 3.92. The van der Waals surface area contributed by atoms with Gasteiger partial charge in [-0.2, -0.15) is 5.10 Å². The van der Waals surface area contributed by atoms with Gasteiger partial charge in [-0.15, -0.1) is 0 Å². The maximum Gasteiger partial charge on any atom is 0.223 e. The normalized spacial score (nSPS) is 20.9. The van der Waals surface area contributed by atoms with Crippen molar-refractivity contribution in [1.29, 1.82) is 0 Å². The molecule has 3 aromatic rings. The van der Waals surface area contributed by atoms with E-state index in [2.05, 4.69) is 20.0 Å². The summed E-state index contributed by atoms with van der Waals surface area (Å²) in [6.07, 6.45) is 11.0. The summed E-state index contributed by atoms with van der Waals surface area (Å²) >= 11 is 0. The molecule has 2 atom stereocenters. The molecule has 1 fully saturated rings. The first-order chi connectivity index (χ1) is 13.2. The Morgan fingerprint density at radius 1 is 1.26 bits per heavy atom. The Balaban J connectivity index is 1.34. The van der Waals surface area contributed by atoms with Crippen LogP contribution in [0.1, 0.15) is 54.2 Å². The minimum atomic E-state index is 0.161. The number of aromatic nitrogens is 4. The van der Waals surface area contributed by atoms with Crippen LogP contribution in [0, 0.1) is 6.92 Å². The predicted octanol–water partition coefficient (Wildman–Crippen LogP) is 3.04. The molecule has 0 aliphatic carbocycles. The lowest BCUT2D eigenvalue weighted by atomic mass is 9.98. The number of fused-ring (bicyclic) bond motifs is 6. The first-order valence-electron chi connectivity index (χ1n) is 9.75. The van der Waals surface area contributed by atoms with Crippen LogP contribution in [0.2, 0.25) is 0 Å². The largest absolute Gasteiger partial charge is 0.332 e. The van der Waals surface area contributed by atoms with Gasteiger partial charge in [-0.25, -0.2) is 9.50 Å². The summed E-state index contributed by atoms with van der Waals surface area (Å²) in [5.74, 6) is 0.277. The molecule has 0 aromatic carbocycles. The molecule has 0 unspecified atom stereocenters. The van der Waals surface area contributed by atoms with E-state index in [-0.39, 0.29) is 11.9 Å². The summed E-state index contributed by atoms with van der Waals surface area (Å²) in [6.45, 7) is 2.00. The van der Waals surface area contributed by atoms with E-state index in [0.29, 0.717) is 12.5 Å². The minimum Gasteiger partial charge on any atom is -0.332 e. The van der Waals surface area contributed by atoms with E-state index in [9.17, 15) is 4.79 Å². The monoisotopic (exact) mass is 361 g/mol. The number of carbonyl (C=O) groups excluding carboxylic acids is 1. The molecular weight excluding hydrogens is 338 g/mol. The molecule has 2 aliphatic rings. The van der Waals surface area contributed by atoms with Crippen LogP contribution in [-0.2, 0) is 17.6 Å². The molecule has 0 N–H and O–H groups in total. The second-order valence-electron chi connectivity index (χ2n) is 7.68. The van der Waals surface area contributed by atoms with Crippen molar-refractivity contribution in [3.63, 3.8) is 0 Å². The van der Waals surface area contributed by atoms with Crippen molar-refractivity contribution < 1.29 is 4.79 Å². The second kappa shape index (κ2) is 6.44. The molecular formula is C21H23N5O. The molecule has 1 saturated heterocycles. The molecule has 138 valence electrons. The number of nitrogens with zero attached hydrogens (tertiary/aromatic N) is 5. The highest BCUT2D eigenvalue weighted by atomic mass is 16.2. The van der Waals surface area contributed by atoms with Gasteiger partial charge in [0.25, 0.3) is 0 Å². The van der Waals surface area contributed by atoms with E-state index in [1.807, 2.05) is 48.2 Å². The third kappa shape index (κ3) is 2.80. The summed E-state index contributed by atoms with van der Waals surface area (Å²) < 4.78 is 1.99. The fourth-order valence-corrected chi connectivity index (χ4v) is 4.70. The van der Waals surface area contributed by atoms with Gasteiger partial charge in [0, 0.05) is 49.1 Å². The molecule has 1 amide bonds. The van der Waals surface area contributed by atoms with Gasteiger partial charge in [0.15, 0.2) is 5.65 Å². The van der Waals surface area contributed by atoms with Gasteiger partial charge in [0.1, 0.15) is 0 Å². The molecule has 5 rings (SSSR count). The number of hydrogen-bond acceptors (Lipinski definition) is 4. The third-order valence-electron chi connectivity index (χ3n) is 5.92. The number of amides is 1. The van der Waals surface area contributed by atoms with Crippen molar-refractivity contribution in [1.82, 2.24) is 24.5 Å². The van der Waals surface area contributed by atoms with E-state index in [1.165, 1.54) is 16.8 Å². The summed E-state index contributed by atoms with van der Waals surface area (Å²) in [7, 11) is 0. The van der Waals surface area contributed by atoms with Gasteiger partial charge < -0.3 is 4.90 Å². The van der Waals surface area contributed by atoms with Gasteiger partial charge in [-0.1, -0.05) is 0 Å². The lowest BCUT2D eigenvalue weighted by Crippen LogP contribution is -2.42. The Morgan fingerprint density at radius 3 is 2.96 bits per heavy atom.